The molecular weight excluding hydrogens is 158 g/mol. The van der Waals surface area contributed by atoms with Crippen molar-refractivity contribution in [1.82, 2.24) is 0 Å². The van der Waals surface area contributed by atoms with Gasteiger partial charge in [0, 0.05) is 4.88 Å². The molecule has 3 heteroatoms. The van der Waals surface area contributed by atoms with Gasteiger partial charge in [-0.1, -0.05) is 0 Å². The zero-order valence-corrected chi connectivity index (χ0v) is 7.06. The van der Waals surface area contributed by atoms with E-state index in [1.807, 2.05) is 24.4 Å². The molecule has 1 aromatic rings. The fourth-order valence-corrected chi connectivity index (χ4v) is 1.82. The Balaban J connectivity index is 2.77. The minimum Gasteiger partial charge on any atom is -0.386 e. The van der Waals surface area contributed by atoms with E-state index >= 15 is 0 Å². The second kappa shape index (κ2) is 3.51. The van der Waals surface area contributed by atoms with Gasteiger partial charge in [-0.3, -0.25) is 0 Å². The van der Waals surface area contributed by atoms with Crippen LogP contribution < -0.4 is 0 Å². The van der Waals surface area contributed by atoms with E-state index in [9.17, 15) is 5.11 Å². The van der Waals surface area contributed by atoms with Gasteiger partial charge < -0.3 is 5.11 Å². The van der Waals surface area contributed by atoms with Crippen molar-refractivity contribution in [3.8, 4) is 6.07 Å². The molecule has 1 aromatic heterocycles. The normalized spacial score (nSPS) is 12.5. The van der Waals surface area contributed by atoms with Crippen molar-refractivity contribution < 1.29 is 5.11 Å². The maximum Gasteiger partial charge on any atom is 0.101 e. The monoisotopic (exact) mass is 167 g/mol. The Kier molecular flexibility index (Phi) is 2.64. The number of aliphatic hydroxyl groups is 1. The average Bonchev–Trinajstić information content (AvgIpc) is 2.36. The first-order chi connectivity index (χ1) is 5.25. The van der Waals surface area contributed by atoms with Gasteiger partial charge in [0.05, 0.1) is 12.5 Å². The zero-order chi connectivity index (χ0) is 8.27. The third-order valence-electron chi connectivity index (χ3n) is 1.49. The molecule has 0 aliphatic rings. The molecule has 0 amide bonds. The van der Waals surface area contributed by atoms with Crippen LogP contribution in [0.15, 0.2) is 11.4 Å². The summed E-state index contributed by atoms with van der Waals surface area (Å²) >= 11 is 1.50. The van der Waals surface area contributed by atoms with Crippen molar-refractivity contribution in [3.63, 3.8) is 0 Å². The molecular formula is C8H9NOS. The zero-order valence-electron chi connectivity index (χ0n) is 6.24. The lowest BCUT2D eigenvalue weighted by Gasteiger charge is -2.03. The molecule has 0 aromatic carbocycles. The maximum absolute atomic E-state index is 9.38. The molecule has 0 spiro atoms. The van der Waals surface area contributed by atoms with Crippen molar-refractivity contribution >= 4 is 11.3 Å². The van der Waals surface area contributed by atoms with E-state index in [0.29, 0.717) is 0 Å². The summed E-state index contributed by atoms with van der Waals surface area (Å²) in [5.41, 5.74) is 1.07. The fraction of sp³-hybridized carbons (Fsp3) is 0.375. The highest BCUT2D eigenvalue weighted by molar-refractivity contribution is 7.10. The van der Waals surface area contributed by atoms with Crippen LogP contribution in [0.25, 0.3) is 0 Å². The van der Waals surface area contributed by atoms with Crippen LogP contribution >= 0.6 is 11.3 Å². The van der Waals surface area contributed by atoms with E-state index in [1.165, 1.54) is 11.3 Å². The molecule has 1 N–H and O–H groups in total. The van der Waals surface area contributed by atoms with Crippen LogP contribution in [-0.4, -0.2) is 5.11 Å². The van der Waals surface area contributed by atoms with Gasteiger partial charge in [0.2, 0.25) is 0 Å². The molecule has 0 saturated heterocycles. The van der Waals surface area contributed by atoms with Crippen molar-refractivity contribution in [2.45, 2.75) is 19.4 Å². The quantitative estimate of drug-likeness (QED) is 0.732. The Morgan fingerprint density at radius 1 is 1.82 bits per heavy atom. The Hall–Kier alpha value is -0.850. The standard InChI is InChI=1S/C8H9NOS/c1-6-3-5-11-8(6)7(10)2-4-9/h3,5,7,10H,2H2,1H3. The van der Waals surface area contributed by atoms with E-state index in [0.717, 1.165) is 10.4 Å². The molecule has 2 nitrogen and oxygen atoms in total. The molecule has 0 aliphatic carbocycles. The van der Waals surface area contributed by atoms with Crippen LogP contribution in [-0.2, 0) is 0 Å². The molecule has 0 saturated carbocycles. The lowest BCUT2D eigenvalue weighted by Crippen LogP contribution is -1.93. The molecule has 0 fully saturated rings. The van der Waals surface area contributed by atoms with E-state index in [2.05, 4.69) is 0 Å². The topological polar surface area (TPSA) is 44.0 Å². The smallest absolute Gasteiger partial charge is 0.101 e. The van der Waals surface area contributed by atoms with Gasteiger partial charge in [-0.25, -0.2) is 0 Å². The number of nitriles is 1. The SMILES string of the molecule is Cc1ccsc1C(O)CC#N. The molecule has 1 unspecified atom stereocenters. The summed E-state index contributed by atoms with van der Waals surface area (Å²) in [5.74, 6) is 0. The first kappa shape index (κ1) is 8.25. The molecule has 0 bridgehead atoms. The molecule has 1 atom stereocenters. The van der Waals surface area contributed by atoms with Crippen LogP contribution in [0.1, 0.15) is 23.0 Å². The Morgan fingerprint density at radius 2 is 2.55 bits per heavy atom. The number of hydrogen-bond acceptors (Lipinski definition) is 3. The van der Waals surface area contributed by atoms with Gasteiger partial charge in [0.25, 0.3) is 0 Å². The maximum atomic E-state index is 9.38. The second-order valence-electron chi connectivity index (χ2n) is 2.35. The predicted octanol–water partition coefficient (Wildman–Crippen LogP) is 2.00. The minimum absolute atomic E-state index is 0.182. The minimum atomic E-state index is -0.597. The summed E-state index contributed by atoms with van der Waals surface area (Å²) in [7, 11) is 0. The van der Waals surface area contributed by atoms with Gasteiger partial charge in [-0.05, 0) is 23.9 Å². The molecule has 0 radical (unpaired) electrons. The highest BCUT2D eigenvalue weighted by atomic mass is 32.1. The molecule has 58 valence electrons. The van der Waals surface area contributed by atoms with E-state index in [1.54, 1.807) is 0 Å². The van der Waals surface area contributed by atoms with Crippen molar-refractivity contribution in [3.05, 3.63) is 21.9 Å². The second-order valence-corrected chi connectivity index (χ2v) is 3.29. The van der Waals surface area contributed by atoms with Gasteiger partial charge in [-0.15, -0.1) is 11.3 Å². The predicted molar refractivity (Wildman–Crippen MR) is 44.2 cm³/mol. The van der Waals surface area contributed by atoms with Crippen molar-refractivity contribution in [1.29, 1.82) is 5.26 Å². The van der Waals surface area contributed by atoms with Crippen LogP contribution in [0.2, 0.25) is 0 Å². The van der Waals surface area contributed by atoms with Gasteiger partial charge in [0.15, 0.2) is 0 Å². The highest BCUT2D eigenvalue weighted by Gasteiger charge is 2.10. The van der Waals surface area contributed by atoms with Crippen LogP contribution in [0.3, 0.4) is 0 Å². The van der Waals surface area contributed by atoms with E-state index in [-0.39, 0.29) is 6.42 Å². The summed E-state index contributed by atoms with van der Waals surface area (Å²) < 4.78 is 0. The Bertz CT molecular complexity index is 274. The molecule has 1 heterocycles. The largest absolute Gasteiger partial charge is 0.386 e. The number of hydrogen-bond donors (Lipinski definition) is 1. The number of aryl methyl sites for hydroxylation is 1. The summed E-state index contributed by atoms with van der Waals surface area (Å²) in [5, 5.41) is 19.6. The summed E-state index contributed by atoms with van der Waals surface area (Å²) in [6.07, 6.45) is -0.415. The fourth-order valence-electron chi connectivity index (χ4n) is 0.905. The Labute approximate surface area is 69.7 Å². The molecule has 11 heavy (non-hydrogen) atoms. The van der Waals surface area contributed by atoms with E-state index in [4.69, 9.17) is 5.26 Å². The molecule has 0 aliphatic heterocycles. The van der Waals surface area contributed by atoms with E-state index < -0.39 is 6.10 Å². The highest BCUT2D eigenvalue weighted by Crippen LogP contribution is 2.25. The van der Waals surface area contributed by atoms with Crippen LogP contribution in [0, 0.1) is 18.3 Å². The van der Waals surface area contributed by atoms with Crippen LogP contribution in [0.5, 0.6) is 0 Å². The summed E-state index contributed by atoms with van der Waals surface area (Å²) in [6, 6.07) is 3.88. The van der Waals surface area contributed by atoms with Crippen LogP contribution in [0.4, 0.5) is 0 Å². The van der Waals surface area contributed by atoms with Crippen molar-refractivity contribution in [2.75, 3.05) is 0 Å². The average molecular weight is 167 g/mol. The van der Waals surface area contributed by atoms with Gasteiger partial charge in [0.1, 0.15) is 6.10 Å². The summed E-state index contributed by atoms with van der Waals surface area (Å²) in [6.45, 7) is 1.94. The Morgan fingerprint density at radius 3 is 3.00 bits per heavy atom. The first-order valence-electron chi connectivity index (χ1n) is 3.34. The lowest BCUT2D eigenvalue weighted by molar-refractivity contribution is 0.186. The number of rotatable bonds is 2. The number of thiophene rings is 1. The van der Waals surface area contributed by atoms with Gasteiger partial charge in [-0.2, -0.15) is 5.26 Å². The lowest BCUT2D eigenvalue weighted by atomic mass is 10.2. The molecule has 1 rings (SSSR count). The first-order valence-corrected chi connectivity index (χ1v) is 4.22. The third-order valence-corrected chi connectivity index (χ3v) is 2.61. The van der Waals surface area contributed by atoms with Gasteiger partial charge >= 0.3 is 0 Å². The summed E-state index contributed by atoms with van der Waals surface area (Å²) in [4.78, 5) is 0.909. The number of nitrogens with zero attached hydrogens (tertiary/aromatic N) is 1. The number of aliphatic hydroxyl groups excluding tert-OH is 1. The third kappa shape index (κ3) is 1.79. The van der Waals surface area contributed by atoms with Crippen molar-refractivity contribution in [2.24, 2.45) is 0 Å².